The average molecular weight is 251 g/mol. The van der Waals surface area contributed by atoms with Crippen LogP contribution in [0.1, 0.15) is 17.3 Å². The summed E-state index contributed by atoms with van der Waals surface area (Å²) < 4.78 is 43.4. The Balaban J connectivity index is 3.52. The number of rotatable bonds is 3. The van der Waals surface area contributed by atoms with E-state index in [0.29, 0.717) is 0 Å². The second kappa shape index (κ2) is 4.91. The summed E-state index contributed by atoms with van der Waals surface area (Å²) in [4.78, 5) is 15.2. The van der Waals surface area contributed by atoms with Crippen molar-refractivity contribution in [3.05, 3.63) is 23.0 Å². The lowest BCUT2D eigenvalue weighted by molar-refractivity contribution is 0.0515. The van der Waals surface area contributed by atoms with Gasteiger partial charge in [0.05, 0.1) is 6.61 Å². The third-order valence-corrected chi connectivity index (χ3v) is 1.85. The van der Waals surface area contributed by atoms with Crippen molar-refractivity contribution in [2.75, 3.05) is 6.61 Å². The highest BCUT2D eigenvalue weighted by molar-refractivity contribution is 5.95. The van der Waals surface area contributed by atoms with Gasteiger partial charge >= 0.3 is 5.97 Å². The standard InChI is InChI=1S/C9H8F3NO4/c1-2-16-9(15)3-7(14)5(11)4(10)6(12)8(3)17-13/h14H,2,13H2,1H3. The molecule has 94 valence electrons. The molecule has 1 aromatic rings. The van der Waals surface area contributed by atoms with Crippen molar-refractivity contribution in [3.63, 3.8) is 0 Å². The largest absolute Gasteiger partial charge is 0.504 e. The number of carbonyl (C=O) groups is 1. The van der Waals surface area contributed by atoms with E-state index in [1.165, 1.54) is 6.92 Å². The number of aromatic hydroxyl groups is 1. The molecule has 0 bridgehead atoms. The van der Waals surface area contributed by atoms with Gasteiger partial charge in [-0.25, -0.2) is 9.18 Å². The number of benzene rings is 1. The van der Waals surface area contributed by atoms with Crippen LogP contribution in [0.5, 0.6) is 11.5 Å². The smallest absolute Gasteiger partial charge is 0.346 e. The summed E-state index contributed by atoms with van der Waals surface area (Å²) in [5, 5.41) is 9.19. The number of esters is 1. The zero-order chi connectivity index (χ0) is 13.2. The topological polar surface area (TPSA) is 81.8 Å². The van der Waals surface area contributed by atoms with E-state index in [2.05, 4.69) is 15.5 Å². The van der Waals surface area contributed by atoms with E-state index < -0.39 is 40.5 Å². The fourth-order valence-electron chi connectivity index (χ4n) is 1.13. The molecular formula is C9H8F3NO4. The molecule has 1 aromatic carbocycles. The number of ether oxygens (including phenoxy) is 1. The minimum atomic E-state index is -2.00. The Morgan fingerprint density at radius 2 is 1.88 bits per heavy atom. The normalized spacial score (nSPS) is 10.2. The van der Waals surface area contributed by atoms with E-state index in [1.54, 1.807) is 0 Å². The van der Waals surface area contributed by atoms with E-state index >= 15 is 0 Å². The van der Waals surface area contributed by atoms with Crippen molar-refractivity contribution in [3.8, 4) is 11.5 Å². The van der Waals surface area contributed by atoms with Crippen LogP contribution in [0.25, 0.3) is 0 Å². The number of halogens is 3. The first-order valence-corrected chi connectivity index (χ1v) is 4.38. The van der Waals surface area contributed by atoms with Gasteiger partial charge in [0.1, 0.15) is 0 Å². The predicted octanol–water partition coefficient (Wildman–Crippen LogP) is 1.24. The maximum atomic E-state index is 13.2. The van der Waals surface area contributed by atoms with E-state index in [9.17, 15) is 23.1 Å². The van der Waals surface area contributed by atoms with E-state index in [-0.39, 0.29) is 6.61 Å². The zero-order valence-electron chi connectivity index (χ0n) is 8.59. The Morgan fingerprint density at radius 3 is 2.35 bits per heavy atom. The van der Waals surface area contributed by atoms with Crippen LogP contribution in [-0.2, 0) is 4.74 Å². The van der Waals surface area contributed by atoms with Crippen LogP contribution in [0.4, 0.5) is 13.2 Å². The van der Waals surface area contributed by atoms with Gasteiger partial charge < -0.3 is 14.7 Å². The molecule has 0 spiro atoms. The molecule has 17 heavy (non-hydrogen) atoms. The lowest BCUT2D eigenvalue weighted by Crippen LogP contribution is -2.15. The average Bonchev–Trinajstić information content (AvgIpc) is 2.31. The van der Waals surface area contributed by atoms with Gasteiger partial charge in [-0.2, -0.15) is 14.7 Å². The van der Waals surface area contributed by atoms with Crippen molar-refractivity contribution < 1.29 is 32.6 Å². The van der Waals surface area contributed by atoms with Crippen LogP contribution < -0.4 is 10.7 Å². The lowest BCUT2D eigenvalue weighted by atomic mass is 10.1. The Morgan fingerprint density at radius 1 is 1.29 bits per heavy atom. The van der Waals surface area contributed by atoms with Gasteiger partial charge in [0.2, 0.25) is 23.2 Å². The first-order valence-electron chi connectivity index (χ1n) is 4.38. The van der Waals surface area contributed by atoms with Gasteiger partial charge in [-0.15, -0.1) is 0 Å². The molecule has 0 aliphatic heterocycles. The fraction of sp³-hybridized carbons (Fsp3) is 0.222. The van der Waals surface area contributed by atoms with Gasteiger partial charge in [0.25, 0.3) is 0 Å². The number of phenolic OH excluding ortho intramolecular Hbond substituents is 1. The lowest BCUT2D eigenvalue weighted by Gasteiger charge is -2.11. The Labute approximate surface area is 93.5 Å². The molecule has 0 atom stereocenters. The van der Waals surface area contributed by atoms with Crippen molar-refractivity contribution in [2.45, 2.75) is 6.92 Å². The number of phenols is 1. The SMILES string of the molecule is CCOC(=O)c1c(O)c(F)c(F)c(F)c1ON. The molecule has 0 aliphatic carbocycles. The highest BCUT2D eigenvalue weighted by atomic mass is 19.2. The van der Waals surface area contributed by atoms with Crippen LogP contribution in [0.2, 0.25) is 0 Å². The monoisotopic (exact) mass is 251 g/mol. The predicted molar refractivity (Wildman–Crippen MR) is 48.8 cm³/mol. The molecule has 0 saturated carbocycles. The first kappa shape index (κ1) is 13.1. The number of nitrogens with two attached hydrogens (primary N) is 1. The van der Waals surface area contributed by atoms with Crippen molar-refractivity contribution in [1.82, 2.24) is 0 Å². The number of hydrogen-bond acceptors (Lipinski definition) is 5. The molecule has 0 fully saturated rings. The Hall–Kier alpha value is -1.96. The fourth-order valence-corrected chi connectivity index (χ4v) is 1.13. The number of hydrogen-bond donors (Lipinski definition) is 2. The van der Waals surface area contributed by atoms with Gasteiger partial charge in [-0.05, 0) is 6.92 Å². The second-order valence-corrected chi connectivity index (χ2v) is 2.83. The minimum Gasteiger partial charge on any atom is -0.504 e. The molecule has 0 aromatic heterocycles. The van der Waals surface area contributed by atoms with Gasteiger partial charge in [0, 0.05) is 0 Å². The van der Waals surface area contributed by atoms with Crippen LogP contribution in [0.15, 0.2) is 0 Å². The molecule has 0 aliphatic rings. The third-order valence-electron chi connectivity index (χ3n) is 1.85. The minimum absolute atomic E-state index is 0.122. The summed E-state index contributed by atoms with van der Waals surface area (Å²) in [5.41, 5.74) is -1.01. The summed E-state index contributed by atoms with van der Waals surface area (Å²) >= 11 is 0. The van der Waals surface area contributed by atoms with Crippen molar-refractivity contribution in [2.24, 2.45) is 5.90 Å². The third kappa shape index (κ3) is 2.11. The van der Waals surface area contributed by atoms with E-state index in [1.807, 2.05) is 0 Å². The van der Waals surface area contributed by atoms with Crippen LogP contribution in [0.3, 0.4) is 0 Å². The summed E-state index contributed by atoms with van der Waals surface area (Å²) in [5.74, 6) is -4.97. The molecule has 5 nitrogen and oxygen atoms in total. The molecule has 1 rings (SSSR count). The maximum absolute atomic E-state index is 13.2. The molecule has 0 saturated heterocycles. The zero-order valence-corrected chi connectivity index (χ0v) is 8.59. The molecule has 8 heteroatoms. The molecule has 3 N–H and O–H groups in total. The highest BCUT2D eigenvalue weighted by Crippen LogP contribution is 2.35. The quantitative estimate of drug-likeness (QED) is 0.480. The summed E-state index contributed by atoms with van der Waals surface area (Å²) in [7, 11) is 0. The van der Waals surface area contributed by atoms with Gasteiger partial charge in [-0.3, -0.25) is 0 Å². The Bertz CT molecular complexity index is 464. The molecule has 0 amide bonds. The summed E-state index contributed by atoms with van der Waals surface area (Å²) in [6.45, 7) is 1.30. The van der Waals surface area contributed by atoms with E-state index in [4.69, 9.17) is 0 Å². The maximum Gasteiger partial charge on any atom is 0.346 e. The van der Waals surface area contributed by atoms with E-state index in [0.717, 1.165) is 0 Å². The van der Waals surface area contributed by atoms with Gasteiger partial charge in [0.15, 0.2) is 11.3 Å². The summed E-state index contributed by atoms with van der Waals surface area (Å²) in [6.07, 6.45) is 0. The molecule has 0 unspecified atom stereocenters. The van der Waals surface area contributed by atoms with Gasteiger partial charge in [-0.1, -0.05) is 0 Å². The van der Waals surface area contributed by atoms with Crippen LogP contribution >= 0.6 is 0 Å². The van der Waals surface area contributed by atoms with Crippen molar-refractivity contribution in [1.29, 1.82) is 0 Å². The first-order chi connectivity index (χ1) is 7.95. The van der Waals surface area contributed by atoms with Crippen LogP contribution in [-0.4, -0.2) is 17.7 Å². The Kier molecular flexibility index (Phi) is 3.79. The van der Waals surface area contributed by atoms with Crippen molar-refractivity contribution >= 4 is 5.97 Å². The molecule has 0 radical (unpaired) electrons. The number of carbonyl (C=O) groups excluding carboxylic acids is 1. The second-order valence-electron chi connectivity index (χ2n) is 2.83. The summed E-state index contributed by atoms with van der Waals surface area (Å²) in [6, 6.07) is 0. The van der Waals surface area contributed by atoms with Crippen LogP contribution in [0, 0.1) is 17.5 Å². The molecular weight excluding hydrogens is 243 g/mol. The molecule has 0 heterocycles. The highest BCUT2D eigenvalue weighted by Gasteiger charge is 2.31.